The highest BCUT2D eigenvalue weighted by Crippen LogP contribution is 2.03. The van der Waals surface area contributed by atoms with E-state index in [1.807, 2.05) is 30.8 Å². The normalized spacial score (nSPS) is 11.7. The summed E-state index contributed by atoms with van der Waals surface area (Å²) in [5.41, 5.74) is 2.02. The van der Waals surface area contributed by atoms with Gasteiger partial charge in [-0.15, -0.1) is 0 Å². The molecule has 0 atom stereocenters. The molecule has 2 N–H and O–H groups in total. The number of guanidine groups is 1. The lowest BCUT2D eigenvalue weighted by Gasteiger charge is -2.09. The van der Waals surface area contributed by atoms with Gasteiger partial charge < -0.3 is 15.2 Å². The molecule has 2 aromatic heterocycles. The maximum atomic E-state index is 5.24. The molecule has 0 radical (unpaired) electrons. The molecule has 2 heterocycles. The Morgan fingerprint density at radius 2 is 2.24 bits per heavy atom. The topological polar surface area (TPSA) is 80.3 Å². The minimum Gasteiger partial charge on any atom is -0.359 e. The van der Waals surface area contributed by atoms with Crippen LogP contribution in [0.1, 0.15) is 31.0 Å². The Labute approximate surface area is 124 Å². The number of aryl methyl sites for hydroxylation is 2. The first kappa shape index (κ1) is 15.1. The maximum absolute atomic E-state index is 5.24. The van der Waals surface area contributed by atoms with Crippen molar-refractivity contribution in [1.82, 2.24) is 25.6 Å². The van der Waals surface area contributed by atoms with Crippen LogP contribution < -0.4 is 10.6 Å². The number of rotatable bonds is 6. The number of hydrogen-bond acceptors (Lipinski definition) is 4. The van der Waals surface area contributed by atoms with Crippen LogP contribution >= 0.6 is 0 Å². The average molecular weight is 290 g/mol. The van der Waals surface area contributed by atoms with Crippen molar-refractivity contribution in [2.24, 2.45) is 12.0 Å². The summed E-state index contributed by atoms with van der Waals surface area (Å²) < 4.78 is 7.06. The van der Waals surface area contributed by atoms with E-state index in [2.05, 4.69) is 32.8 Å². The number of aliphatic imine (C=N–C) groups is 1. The van der Waals surface area contributed by atoms with Gasteiger partial charge in [-0.25, -0.2) is 4.99 Å². The van der Waals surface area contributed by atoms with Crippen LogP contribution in [0.25, 0.3) is 0 Å². The van der Waals surface area contributed by atoms with Gasteiger partial charge in [0.1, 0.15) is 0 Å². The fourth-order valence-electron chi connectivity index (χ4n) is 1.83. The highest BCUT2D eigenvalue weighted by Gasteiger charge is 2.04. The zero-order valence-electron chi connectivity index (χ0n) is 12.8. The maximum Gasteiger partial charge on any atom is 0.192 e. The fourth-order valence-corrected chi connectivity index (χ4v) is 1.83. The van der Waals surface area contributed by atoms with Gasteiger partial charge in [-0.1, -0.05) is 12.1 Å². The van der Waals surface area contributed by atoms with E-state index in [4.69, 9.17) is 4.52 Å². The third-order valence-electron chi connectivity index (χ3n) is 3.07. The van der Waals surface area contributed by atoms with E-state index < -0.39 is 0 Å². The molecular formula is C14H22N6O. The molecule has 0 saturated heterocycles. The Balaban J connectivity index is 1.93. The third kappa shape index (κ3) is 4.34. The first-order chi connectivity index (χ1) is 10.2. The van der Waals surface area contributed by atoms with E-state index in [-0.39, 0.29) is 0 Å². The molecule has 7 nitrogen and oxygen atoms in total. The lowest BCUT2D eigenvalue weighted by molar-refractivity contribution is 0.374. The molecule has 0 aliphatic carbocycles. The summed E-state index contributed by atoms with van der Waals surface area (Å²) in [5, 5.41) is 14.5. The average Bonchev–Trinajstić information content (AvgIpc) is 3.11. The second-order valence-electron chi connectivity index (χ2n) is 4.63. The van der Waals surface area contributed by atoms with Crippen molar-refractivity contribution >= 4 is 5.96 Å². The number of nitrogens with one attached hydrogen (secondary N) is 2. The van der Waals surface area contributed by atoms with Gasteiger partial charge in [0.15, 0.2) is 11.7 Å². The van der Waals surface area contributed by atoms with Gasteiger partial charge in [0, 0.05) is 25.9 Å². The van der Waals surface area contributed by atoms with E-state index in [1.54, 1.807) is 6.20 Å². The number of aromatic nitrogens is 3. The van der Waals surface area contributed by atoms with Crippen molar-refractivity contribution in [3.05, 3.63) is 35.5 Å². The molecule has 0 spiro atoms. The van der Waals surface area contributed by atoms with Crippen LogP contribution in [0.15, 0.2) is 27.8 Å². The van der Waals surface area contributed by atoms with Crippen molar-refractivity contribution in [3.63, 3.8) is 0 Å². The van der Waals surface area contributed by atoms with Gasteiger partial charge in [-0.3, -0.25) is 4.68 Å². The third-order valence-corrected chi connectivity index (χ3v) is 3.07. The number of hydrogen-bond donors (Lipinski definition) is 2. The first-order valence-electron chi connectivity index (χ1n) is 7.16. The molecule has 7 heteroatoms. The van der Waals surface area contributed by atoms with Crippen LogP contribution in [0.4, 0.5) is 0 Å². The highest BCUT2D eigenvalue weighted by atomic mass is 16.5. The zero-order chi connectivity index (χ0) is 15.1. The van der Waals surface area contributed by atoms with Crippen LogP contribution in [-0.4, -0.2) is 27.4 Å². The molecule has 2 rings (SSSR count). The molecular weight excluding hydrogens is 268 g/mol. The standard InChI is InChI=1S/C14H22N6O/c1-4-11-8-13(21-19-11)10-17-14(15-5-2)16-9-12-6-7-18-20(12)3/h6-8H,4-5,9-10H2,1-3H3,(H2,15,16,17). The summed E-state index contributed by atoms with van der Waals surface area (Å²) in [7, 11) is 1.91. The Hall–Kier alpha value is -2.31. The van der Waals surface area contributed by atoms with Crippen molar-refractivity contribution in [2.45, 2.75) is 33.4 Å². The largest absolute Gasteiger partial charge is 0.359 e. The Morgan fingerprint density at radius 3 is 2.86 bits per heavy atom. The molecule has 0 aliphatic heterocycles. The van der Waals surface area contributed by atoms with Gasteiger partial charge in [0.2, 0.25) is 0 Å². The Bertz CT molecular complexity index is 586. The summed E-state index contributed by atoms with van der Waals surface area (Å²) in [6, 6.07) is 3.91. The molecule has 0 bridgehead atoms. The Morgan fingerprint density at radius 1 is 1.38 bits per heavy atom. The van der Waals surface area contributed by atoms with Gasteiger partial charge >= 0.3 is 0 Å². The van der Waals surface area contributed by atoms with E-state index in [1.165, 1.54) is 0 Å². The minimum absolute atomic E-state index is 0.560. The molecule has 0 amide bonds. The van der Waals surface area contributed by atoms with Crippen LogP contribution in [0.2, 0.25) is 0 Å². The van der Waals surface area contributed by atoms with Crippen molar-refractivity contribution in [2.75, 3.05) is 6.54 Å². The van der Waals surface area contributed by atoms with Gasteiger partial charge in [0.25, 0.3) is 0 Å². The van der Waals surface area contributed by atoms with Crippen molar-refractivity contribution < 1.29 is 4.52 Å². The predicted molar refractivity (Wildman–Crippen MR) is 80.7 cm³/mol. The van der Waals surface area contributed by atoms with Crippen LogP contribution in [0.3, 0.4) is 0 Å². The number of nitrogens with zero attached hydrogens (tertiary/aromatic N) is 4. The SMILES string of the molecule is CCNC(=NCc1ccnn1C)NCc1cc(CC)no1. The van der Waals surface area contributed by atoms with E-state index in [0.29, 0.717) is 13.1 Å². The quantitative estimate of drug-likeness (QED) is 0.618. The van der Waals surface area contributed by atoms with Crippen LogP contribution in [-0.2, 0) is 26.6 Å². The van der Waals surface area contributed by atoms with Gasteiger partial charge in [0.05, 0.1) is 24.5 Å². The summed E-state index contributed by atoms with van der Waals surface area (Å²) in [5.74, 6) is 1.55. The van der Waals surface area contributed by atoms with Crippen LogP contribution in [0.5, 0.6) is 0 Å². The summed E-state index contributed by atoms with van der Waals surface area (Å²) in [6.45, 7) is 6.01. The molecule has 0 unspecified atom stereocenters. The van der Waals surface area contributed by atoms with E-state index in [0.717, 1.165) is 36.1 Å². The lowest BCUT2D eigenvalue weighted by Crippen LogP contribution is -2.36. The Kier molecular flexibility index (Phi) is 5.36. The highest BCUT2D eigenvalue weighted by molar-refractivity contribution is 5.79. The molecule has 114 valence electrons. The first-order valence-corrected chi connectivity index (χ1v) is 7.16. The second kappa shape index (κ2) is 7.47. The summed E-state index contributed by atoms with van der Waals surface area (Å²) >= 11 is 0. The minimum atomic E-state index is 0.560. The zero-order valence-corrected chi connectivity index (χ0v) is 12.8. The van der Waals surface area contributed by atoms with Crippen molar-refractivity contribution in [1.29, 1.82) is 0 Å². The molecule has 21 heavy (non-hydrogen) atoms. The molecule has 0 saturated carbocycles. The fraction of sp³-hybridized carbons (Fsp3) is 0.500. The summed E-state index contributed by atoms with van der Waals surface area (Å²) in [4.78, 5) is 4.53. The monoisotopic (exact) mass is 290 g/mol. The summed E-state index contributed by atoms with van der Waals surface area (Å²) in [6.07, 6.45) is 2.64. The van der Waals surface area contributed by atoms with E-state index in [9.17, 15) is 0 Å². The lowest BCUT2D eigenvalue weighted by atomic mass is 10.3. The van der Waals surface area contributed by atoms with Crippen LogP contribution in [0, 0.1) is 0 Å². The van der Waals surface area contributed by atoms with Crippen molar-refractivity contribution in [3.8, 4) is 0 Å². The second-order valence-corrected chi connectivity index (χ2v) is 4.63. The molecule has 0 aliphatic rings. The molecule has 2 aromatic rings. The predicted octanol–water partition coefficient (Wildman–Crippen LogP) is 1.23. The molecule has 0 fully saturated rings. The van der Waals surface area contributed by atoms with Gasteiger partial charge in [-0.2, -0.15) is 5.10 Å². The molecule has 0 aromatic carbocycles. The smallest absolute Gasteiger partial charge is 0.192 e. The van der Waals surface area contributed by atoms with Gasteiger partial charge in [-0.05, 0) is 19.4 Å². The van der Waals surface area contributed by atoms with E-state index >= 15 is 0 Å².